The highest BCUT2D eigenvalue weighted by molar-refractivity contribution is 7.94. The molecule has 2 nitrogen and oxygen atoms in total. The number of hydrogen-bond acceptors (Lipinski definition) is 2. The van der Waals surface area contributed by atoms with Crippen molar-refractivity contribution in [3.63, 3.8) is 0 Å². The monoisotopic (exact) mass is 195 g/mol. The third-order valence-corrected chi connectivity index (χ3v) is 5.29. The Morgan fingerprint density at radius 1 is 1.38 bits per heavy atom. The van der Waals surface area contributed by atoms with E-state index >= 15 is 0 Å². The van der Waals surface area contributed by atoms with Gasteiger partial charge in [-0.2, -0.15) is 0 Å². The summed E-state index contributed by atoms with van der Waals surface area (Å²) in [5, 5.41) is 0.204. The first-order chi connectivity index (χ1) is 6.23. The number of nitrogens with zero attached hydrogens (tertiary/aromatic N) is 1. The molecule has 0 aromatic heterocycles. The average molecular weight is 195 g/mol. The van der Waals surface area contributed by atoms with Crippen molar-refractivity contribution in [2.24, 2.45) is 4.36 Å². The Bertz CT molecular complexity index is 404. The number of benzene rings is 1. The molecule has 0 saturated heterocycles. The van der Waals surface area contributed by atoms with Crippen LogP contribution in [0.25, 0.3) is 0 Å². The van der Waals surface area contributed by atoms with Gasteiger partial charge in [-0.3, -0.25) is 0 Å². The molecule has 0 fully saturated rings. The zero-order valence-electron chi connectivity index (χ0n) is 7.64. The molecule has 2 rings (SSSR count). The summed E-state index contributed by atoms with van der Waals surface area (Å²) in [6.45, 7) is 2.76. The van der Waals surface area contributed by atoms with Gasteiger partial charge in [0.2, 0.25) is 0 Å². The van der Waals surface area contributed by atoms with Crippen LogP contribution in [-0.2, 0) is 9.73 Å². The van der Waals surface area contributed by atoms with E-state index in [0.717, 1.165) is 17.9 Å². The molecule has 0 spiro atoms. The van der Waals surface area contributed by atoms with Gasteiger partial charge < -0.3 is 0 Å². The van der Waals surface area contributed by atoms with Crippen LogP contribution in [0.3, 0.4) is 0 Å². The summed E-state index contributed by atoms with van der Waals surface area (Å²) >= 11 is 0. The van der Waals surface area contributed by atoms with Crippen LogP contribution in [-0.4, -0.2) is 16.0 Å². The molecule has 1 aromatic carbocycles. The van der Waals surface area contributed by atoms with Crippen molar-refractivity contribution in [2.45, 2.75) is 23.5 Å². The lowest BCUT2D eigenvalue weighted by Crippen LogP contribution is -2.12. The van der Waals surface area contributed by atoms with E-state index in [1.807, 2.05) is 37.3 Å². The summed E-state index contributed by atoms with van der Waals surface area (Å²) in [5.41, 5.74) is 0. The van der Waals surface area contributed by atoms with Crippen LogP contribution >= 0.6 is 0 Å². The lowest BCUT2D eigenvalue weighted by molar-refractivity contribution is 0.670. The third kappa shape index (κ3) is 1.37. The lowest BCUT2D eigenvalue weighted by Gasteiger charge is -2.09. The maximum atomic E-state index is 12.4. The zero-order chi connectivity index (χ0) is 9.31. The Labute approximate surface area is 79.2 Å². The lowest BCUT2D eigenvalue weighted by atomic mass is 10.3. The molecule has 1 heterocycles. The maximum absolute atomic E-state index is 12.4. The van der Waals surface area contributed by atoms with Gasteiger partial charge in [0.25, 0.3) is 0 Å². The third-order valence-electron chi connectivity index (χ3n) is 2.45. The van der Waals surface area contributed by atoms with Gasteiger partial charge in [-0.15, -0.1) is 0 Å². The maximum Gasteiger partial charge on any atom is 0.0779 e. The molecule has 1 aliphatic rings. The van der Waals surface area contributed by atoms with Gasteiger partial charge in [-0.25, -0.2) is 8.57 Å². The van der Waals surface area contributed by atoms with Crippen LogP contribution in [0.5, 0.6) is 0 Å². The second-order valence-corrected chi connectivity index (χ2v) is 6.01. The van der Waals surface area contributed by atoms with Crippen molar-refractivity contribution in [1.82, 2.24) is 0 Å². The SMILES string of the molecule is C[C@@H]1CCN=[S@@]1(=O)c1ccccc1. The molecule has 0 amide bonds. The van der Waals surface area contributed by atoms with Gasteiger partial charge in [-0.05, 0) is 25.5 Å². The van der Waals surface area contributed by atoms with Crippen LogP contribution in [0.4, 0.5) is 0 Å². The first-order valence-corrected chi connectivity index (χ1v) is 6.08. The first-order valence-electron chi connectivity index (χ1n) is 4.50. The van der Waals surface area contributed by atoms with E-state index in [2.05, 4.69) is 4.36 Å². The van der Waals surface area contributed by atoms with Crippen LogP contribution < -0.4 is 0 Å². The fraction of sp³-hybridized carbons (Fsp3) is 0.400. The van der Waals surface area contributed by atoms with E-state index in [9.17, 15) is 4.21 Å². The highest BCUT2D eigenvalue weighted by Gasteiger charge is 2.25. The molecule has 0 unspecified atom stereocenters. The Balaban J connectivity index is 2.53. The van der Waals surface area contributed by atoms with Crippen LogP contribution in [0.2, 0.25) is 0 Å². The summed E-state index contributed by atoms with van der Waals surface area (Å²) in [6, 6.07) is 9.60. The highest BCUT2D eigenvalue weighted by atomic mass is 32.2. The van der Waals surface area contributed by atoms with Gasteiger partial charge in [0.05, 0.1) is 9.73 Å². The molecule has 0 saturated carbocycles. The standard InChI is InChI=1S/C10H13NOS/c1-9-7-8-11-13(9,12)10-5-3-2-4-6-10/h2-6,9H,7-8H2,1H3/t9-,13+/m1/s1. The smallest absolute Gasteiger partial charge is 0.0779 e. The summed E-state index contributed by atoms with van der Waals surface area (Å²) in [4.78, 5) is 0.889. The van der Waals surface area contributed by atoms with E-state index in [-0.39, 0.29) is 5.25 Å². The molecule has 1 aromatic rings. The summed E-state index contributed by atoms with van der Waals surface area (Å²) in [6.07, 6.45) is 0.952. The second kappa shape index (κ2) is 3.14. The minimum absolute atomic E-state index is 0.204. The van der Waals surface area contributed by atoms with Crippen molar-refractivity contribution in [3.05, 3.63) is 30.3 Å². The quantitative estimate of drug-likeness (QED) is 0.676. The summed E-state index contributed by atoms with van der Waals surface area (Å²) < 4.78 is 16.6. The fourth-order valence-corrected chi connectivity index (χ4v) is 3.80. The van der Waals surface area contributed by atoms with E-state index in [1.54, 1.807) is 0 Å². The van der Waals surface area contributed by atoms with Crippen molar-refractivity contribution in [2.75, 3.05) is 6.54 Å². The molecule has 70 valence electrons. The minimum atomic E-state index is -2.09. The predicted molar refractivity (Wildman–Crippen MR) is 54.2 cm³/mol. The fourth-order valence-electron chi connectivity index (χ4n) is 1.58. The molecule has 3 heteroatoms. The largest absolute Gasteiger partial charge is 0.244 e. The zero-order valence-corrected chi connectivity index (χ0v) is 8.46. The van der Waals surface area contributed by atoms with Crippen LogP contribution in [0.1, 0.15) is 13.3 Å². The van der Waals surface area contributed by atoms with Crippen molar-refractivity contribution in [3.8, 4) is 0 Å². The van der Waals surface area contributed by atoms with Crippen LogP contribution in [0.15, 0.2) is 39.6 Å². The van der Waals surface area contributed by atoms with E-state index in [0.29, 0.717) is 0 Å². The predicted octanol–water partition coefficient (Wildman–Crippen LogP) is 2.31. The number of rotatable bonds is 1. The van der Waals surface area contributed by atoms with Gasteiger partial charge in [0, 0.05) is 16.7 Å². The molecular weight excluding hydrogens is 182 g/mol. The number of hydrogen-bond donors (Lipinski definition) is 0. The molecule has 0 N–H and O–H groups in total. The van der Waals surface area contributed by atoms with Gasteiger partial charge >= 0.3 is 0 Å². The molecule has 0 aliphatic carbocycles. The van der Waals surface area contributed by atoms with Gasteiger partial charge in [-0.1, -0.05) is 18.2 Å². The second-order valence-electron chi connectivity index (χ2n) is 3.33. The normalized spacial score (nSPS) is 32.8. The van der Waals surface area contributed by atoms with E-state index in [4.69, 9.17) is 0 Å². The van der Waals surface area contributed by atoms with Crippen molar-refractivity contribution >= 4 is 9.73 Å². The first kappa shape index (κ1) is 8.75. The molecule has 0 radical (unpaired) electrons. The molecule has 13 heavy (non-hydrogen) atoms. The Hall–Kier alpha value is -0.830. The minimum Gasteiger partial charge on any atom is -0.244 e. The molecular formula is C10H13NOS. The Morgan fingerprint density at radius 2 is 2.08 bits per heavy atom. The van der Waals surface area contributed by atoms with Crippen LogP contribution in [0, 0.1) is 0 Å². The molecule has 1 aliphatic heterocycles. The summed E-state index contributed by atoms with van der Waals surface area (Å²) in [5.74, 6) is 0. The van der Waals surface area contributed by atoms with Gasteiger partial charge in [0.15, 0.2) is 0 Å². The van der Waals surface area contributed by atoms with E-state index in [1.165, 1.54) is 0 Å². The van der Waals surface area contributed by atoms with Gasteiger partial charge in [0.1, 0.15) is 0 Å². The molecule has 0 bridgehead atoms. The Kier molecular flexibility index (Phi) is 2.12. The summed E-state index contributed by atoms with van der Waals surface area (Å²) in [7, 11) is -2.09. The van der Waals surface area contributed by atoms with E-state index < -0.39 is 9.73 Å². The Morgan fingerprint density at radius 3 is 2.62 bits per heavy atom. The van der Waals surface area contributed by atoms with Crippen molar-refractivity contribution < 1.29 is 4.21 Å². The average Bonchev–Trinajstić information content (AvgIpc) is 2.50. The topological polar surface area (TPSA) is 29.4 Å². The van der Waals surface area contributed by atoms with Crippen molar-refractivity contribution in [1.29, 1.82) is 0 Å². The molecule has 2 atom stereocenters. The highest BCUT2D eigenvalue weighted by Crippen LogP contribution is 2.25.